The third-order valence-corrected chi connectivity index (χ3v) is 4.25. The molecule has 0 radical (unpaired) electrons. The first-order valence-electron chi connectivity index (χ1n) is 8.47. The smallest absolute Gasteiger partial charge is 0.307 e. The zero-order valence-corrected chi connectivity index (χ0v) is 15.0. The van der Waals surface area contributed by atoms with Crippen molar-refractivity contribution in [1.82, 2.24) is 10.3 Å². The van der Waals surface area contributed by atoms with Crippen LogP contribution in [0.1, 0.15) is 34.1 Å². The first-order valence-corrected chi connectivity index (χ1v) is 8.47. The maximum atomic E-state index is 13.5. The topological polar surface area (TPSA) is 68.3 Å². The number of nitrogens with one attached hydrogen (secondary N) is 1. The van der Waals surface area contributed by atoms with Crippen molar-refractivity contribution in [2.24, 2.45) is 0 Å². The van der Waals surface area contributed by atoms with Crippen LogP contribution in [0.2, 0.25) is 0 Å². The maximum absolute atomic E-state index is 13.5. The normalized spacial score (nSPS) is 11.8. The van der Waals surface area contributed by atoms with Crippen LogP contribution in [0.15, 0.2) is 54.6 Å². The number of esters is 1. The number of carbonyl (C=O) groups is 2. The van der Waals surface area contributed by atoms with Crippen LogP contribution in [0.4, 0.5) is 4.39 Å². The van der Waals surface area contributed by atoms with Crippen molar-refractivity contribution in [2.45, 2.75) is 19.4 Å². The van der Waals surface area contributed by atoms with E-state index >= 15 is 0 Å². The average molecular weight is 366 g/mol. The van der Waals surface area contributed by atoms with Crippen LogP contribution >= 0.6 is 0 Å². The lowest BCUT2D eigenvalue weighted by molar-refractivity contribution is -0.141. The van der Waals surface area contributed by atoms with E-state index in [9.17, 15) is 14.0 Å². The van der Waals surface area contributed by atoms with Gasteiger partial charge in [-0.2, -0.15) is 0 Å². The van der Waals surface area contributed by atoms with Gasteiger partial charge in [0.15, 0.2) is 0 Å². The molecule has 1 N–H and O–H groups in total. The third kappa shape index (κ3) is 4.28. The van der Waals surface area contributed by atoms with E-state index in [-0.39, 0.29) is 12.3 Å². The van der Waals surface area contributed by atoms with Crippen LogP contribution in [-0.2, 0) is 9.53 Å². The summed E-state index contributed by atoms with van der Waals surface area (Å²) >= 11 is 0. The highest BCUT2D eigenvalue weighted by atomic mass is 19.1. The van der Waals surface area contributed by atoms with Gasteiger partial charge in [-0.25, -0.2) is 4.39 Å². The Bertz CT molecular complexity index is 984. The van der Waals surface area contributed by atoms with Gasteiger partial charge in [0.2, 0.25) is 0 Å². The second-order valence-electron chi connectivity index (χ2n) is 6.19. The molecule has 1 amide bonds. The number of nitrogens with zero attached hydrogens (tertiary/aromatic N) is 1. The van der Waals surface area contributed by atoms with Gasteiger partial charge in [0.25, 0.3) is 5.91 Å². The molecule has 1 unspecified atom stereocenters. The number of hydrogen-bond donors (Lipinski definition) is 1. The zero-order valence-electron chi connectivity index (χ0n) is 15.0. The Kier molecular flexibility index (Phi) is 5.45. The molecule has 3 aromatic rings. The zero-order chi connectivity index (χ0) is 19.4. The molecular weight excluding hydrogens is 347 g/mol. The lowest BCUT2D eigenvalue weighted by atomic mass is 10.0. The molecular formula is C21H19FN2O3. The number of aryl methyl sites for hydroxylation is 1. The fourth-order valence-electron chi connectivity index (χ4n) is 2.95. The molecule has 1 heterocycles. The number of rotatable bonds is 5. The van der Waals surface area contributed by atoms with Crippen LogP contribution < -0.4 is 5.32 Å². The van der Waals surface area contributed by atoms with Crippen molar-refractivity contribution in [1.29, 1.82) is 0 Å². The lowest BCUT2D eigenvalue weighted by Gasteiger charge is -2.19. The van der Waals surface area contributed by atoms with Crippen LogP contribution in [-0.4, -0.2) is 24.0 Å². The summed E-state index contributed by atoms with van der Waals surface area (Å²) in [4.78, 5) is 29.0. The van der Waals surface area contributed by atoms with Gasteiger partial charge in [-0.15, -0.1) is 0 Å². The number of methoxy groups -OCH3 is 1. The standard InChI is InChI=1S/C21H19FN2O3/c1-13-10-17(16-9-8-15(22)11-19(16)23-13)21(26)24-18(12-20(25)27-2)14-6-4-3-5-7-14/h3-11,18H,12H2,1-2H3,(H,24,26). The van der Waals surface area contributed by atoms with Crippen molar-refractivity contribution >= 4 is 22.8 Å². The Morgan fingerprint density at radius 2 is 1.89 bits per heavy atom. The number of aromatic nitrogens is 1. The molecule has 0 bridgehead atoms. The van der Waals surface area contributed by atoms with Gasteiger partial charge in [0.05, 0.1) is 30.7 Å². The van der Waals surface area contributed by atoms with Gasteiger partial charge in [-0.3, -0.25) is 14.6 Å². The highest BCUT2D eigenvalue weighted by molar-refractivity contribution is 6.06. The molecule has 2 aromatic carbocycles. The Morgan fingerprint density at radius 1 is 1.15 bits per heavy atom. The first kappa shape index (κ1) is 18.5. The molecule has 0 fully saturated rings. The number of pyridine rings is 1. The number of hydrogen-bond acceptors (Lipinski definition) is 4. The van der Waals surface area contributed by atoms with Crippen molar-refractivity contribution in [3.05, 3.63) is 77.2 Å². The van der Waals surface area contributed by atoms with Crippen molar-refractivity contribution in [3.63, 3.8) is 0 Å². The average Bonchev–Trinajstić information content (AvgIpc) is 2.66. The molecule has 6 heteroatoms. The molecule has 0 saturated heterocycles. The Morgan fingerprint density at radius 3 is 2.59 bits per heavy atom. The minimum atomic E-state index is -0.546. The fourth-order valence-corrected chi connectivity index (χ4v) is 2.95. The number of ether oxygens (including phenoxy) is 1. The summed E-state index contributed by atoms with van der Waals surface area (Å²) in [5, 5.41) is 3.43. The quantitative estimate of drug-likeness (QED) is 0.699. The Hall–Kier alpha value is -3.28. The second-order valence-corrected chi connectivity index (χ2v) is 6.19. The molecule has 0 aliphatic carbocycles. The van der Waals surface area contributed by atoms with Crippen LogP contribution in [0.25, 0.3) is 10.9 Å². The summed E-state index contributed by atoms with van der Waals surface area (Å²) in [7, 11) is 1.31. The minimum absolute atomic E-state index is 0.00286. The van der Waals surface area contributed by atoms with Gasteiger partial charge in [-0.05, 0) is 30.7 Å². The van der Waals surface area contributed by atoms with Crippen molar-refractivity contribution in [2.75, 3.05) is 7.11 Å². The lowest BCUT2D eigenvalue weighted by Crippen LogP contribution is -2.30. The van der Waals surface area contributed by atoms with E-state index < -0.39 is 17.8 Å². The molecule has 0 saturated carbocycles. The molecule has 1 aromatic heterocycles. The molecule has 0 aliphatic heterocycles. The van der Waals surface area contributed by atoms with Gasteiger partial charge in [0, 0.05) is 17.1 Å². The predicted octanol–water partition coefficient (Wildman–Crippen LogP) is 3.72. The van der Waals surface area contributed by atoms with Gasteiger partial charge >= 0.3 is 5.97 Å². The Balaban J connectivity index is 1.96. The number of halogens is 1. The van der Waals surface area contributed by atoms with E-state index in [4.69, 9.17) is 4.74 Å². The van der Waals surface area contributed by atoms with Crippen LogP contribution in [0.3, 0.4) is 0 Å². The summed E-state index contributed by atoms with van der Waals surface area (Å²) in [5.74, 6) is -1.21. The fraction of sp³-hybridized carbons (Fsp3) is 0.190. The highest BCUT2D eigenvalue weighted by Crippen LogP contribution is 2.22. The van der Waals surface area contributed by atoms with Crippen molar-refractivity contribution in [3.8, 4) is 0 Å². The molecule has 1 atom stereocenters. The number of benzene rings is 2. The molecule has 0 aliphatic rings. The monoisotopic (exact) mass is 366 g/mol. The van der Waals surface area contributed by atoms with Crippen molar-refractivity contribution < 1.29 is 18.7 Å². The molecule has 138 valence electrons. The van der Waals surface area contributed by atoms with E-state index in [2.05, 4.69) is 10.3 Å². The van der Waals surface area contributed by atoms with Gasteiger partial charge < -0.3 is 10.1 Å². The first-order chi connectivity index (χ1) is 13.0. The summed E-state index contributed by atoms with van der Waals surface area (Å²) in [6.07, 6.45) is 0.00286. The van der Waals surface area contributed by atoms with Gasteiger partial charge in [0.1, 0.15) is 5.82 Å². The number of amides is 1. The summed E-state index contributed by atoms with van der Waals surface area (Å²) in [5.41, 5.74) is 2.17. The SMILES string of the molecule is COC(=O)CC(NC(=O)c1cc(C)nc2cc(F)ccc12)c1ccccc1. The van der Waals surface area contributed by atoms with Gasteiger partial charge in [-0.1, -0.05) is 30.3 Å². The van der Waals surface area contributed by atoms with E-state index in [0.717, 1.165) is 5.56 Å². The highest BCUT2D eigenvalue weighted by Gasteiger charge is 2.21. The number of fused-ring (bicyclic) bond motifs is 1. The summed E-state index contributed by atoms with van der Waals surface area (Å²) in [6.45, 7) is 1.74. The second kappa shape index (κ2) is 7.95. The van der Waals surface area contributed by atoms with E-state index in [1.165, 1.54) is 25.3 Å². The van der Waals surface area contributed by atoms with E-state index in [1.807, 2.05) is 30.3 Å². The summed E-state index contributed by atoms with van der Waals surface area (Å²) < 4.78 is 18.3. The largest absolute Gasteiger partial charge is 0.469 e. The predicted molar refractivity (Wildman–Crippen MR) is 99.7 cm³/mol. The molecule has 0 spiro atoms. The Labute approximate surface area is 156 Å². The van der Waals surface area contributed by atoms with Crippen LogP contribution in [0.5, 0.6) is 0 Å². The molecule has 27 heavy (non-hydrogen) atoms. The van der Waals surface area contributed by atoms with E-state index in [0.29, 0.717) is 22.2 Å². The number of carbonyl (C=O) groups excluding carboxylic acids is 2. The molecule has 3 rings (SSSR count). The minimum Gasteiger partial charge on any atom is -0.469 e. The summed E-state index contributed by atoms with van der Waals surface area (Å²) in [6, 6.07) is 14.4. The maximum Gasteiger partial charge on any atom is 0.307 e. The van der Waals surface area contributed by atoms with Crippen LogP contribution in [0, 0.1) is 12.7 Å². The van der Waals surface area contributed by atoms with E-state index in [1.54, 1.807) is 13.0 Å². The molecule has 5 nitrogen and oxygen atoms in total. The third-order valence-electron chi connectivity index (χ3n) is 4.25.